The van der Waals surface area contributed by atoms with Crippen molar-refractivity contribution in [3.8, 4) is 0 Å². The third kappa shape index (κ3) is 10.9. The van der Waals surface area contributed by atoms with E-state index >= 15 is 0 Å². The van der Waals surface area contributed by atoms with Gasteiger partial charge >= 0.3 is 0 Å². The highest BCUT2D eigenvalue weighted by atomic mass is 127. The molecule has 1 aliphatic heterocycles. The number of hydrogen-bond donors (Lipinski definition) is 2. The second-order valence-corrected chi connectivity index (χ2v) is 7.46. The summed E-state index contributed by atoms with van der Waals surface area (Å²) in [6.45, 7) is 8.37. The van der Waals surface area contributed by atoms with Crippen molar-refractivity contribution < 1.29 is 9.47 Å². The van der Waals surface area contributed by atoms with Crippen LogP contribution >= 0.6 is 24.0 Å². The molecule has 6 heteroatoms. The van der Waals surface area contributed by atoms with Gasteiger partial charge in [-0.1, -0.05) is 25.7 Å². The Bertz CT molecular complexity index is 357. The monoisotopic (exact) mass is 481 g/mol. The largest absolute Gasteiger partial charge is 0.381 e. The van der Waals surface area contributed by atoms with Gasteiger partial charge in [0.25, 0.3) is 0 Å². The van der Waals surface area contributed by atoms with Crippen molar-refractivity contribution in [2.45, 2.75) is 64.7 Å². The minimum atomic E-state index is 0. The zero-order chi connectivity index (χ0) is 17.6. The molecule has 0 aromatic carbocycles. The van der Waals surface area contributed by atoms with Gasteiger partial charge in [0.2, 0.25) is 0 Å². The smallest absolute Gasteiger partial charge is 0.191 e. The number of rotatable bonds is 11. The second kappa shape index (κ2) is 15.9. The number of hydrogen-bond acceptors (Lipinski definition) is 3. The molecule has 1 saturated heterocycles. The first-order chi connectivity index (χ1) is 12.4. The van der Waals surface area contributed by atoms with Gasteiger partial charge in [0.15, 0.2) is 5.96 Å². The summed E-state index contributed by atoms with van der Waals surface area (Å²) < 4.78 is 11.2. The Labute approximate surface area is 177 Å². The van der Waals surface area contributed by atoms with E-state index in [4.69, 9.17) is 9.47 Å². The van der Waals surface area contributed by atoms with E-state index in [0.717, 1.165) is 77.2 Å². The molecule has 0 aromatic heterocycles. The fourth-order valence-electron chi connectivity index (χ4n) is 3.76. The molecule has 2 rings (SSSR count). The van der Waals surface area contributed by atoms with Crippen molar-refractivity contribution in [1.82, 2.24) is 10.6 Å². The minimum Gasteiger partial charge on any atom is -0.381 e. The molecule has 26 heavy (non-hydrogen) atoms. The summed E-state index contributed by atoms with van der Waals surface area (Å²) in [5.41, 5.74) is 0. The van der Waals surface area contributed by atoms with Gasteiger partial charge in [-0.15, -0.1) is 24.0 Å². The molecule has 2 N–H and O–H groups in total. The van der Waals surface area contributed by atoms with Crippen molar-refractivity contribution >= 4 is 29.9 Å². The molecular formula is C20H40IN3O2. The maximum absolute atomic E-state index is 5.80. The zero-order valence-corrected chi connectivity index (χ0v) is 19.0. The maximum Gasteiger partial charge on any atom is 0.191 e. The number of aliphatic imine (C=N–C) groups is 1. The summed E-state index contributed by atoms with van der Waals surface area (Å²) in [5.74, 6) is 2.63. The topological polar surface area (TPSA) is 54.9 Å². The van der Waals surface area contributed by atoms with Crippen LogP contribution in [0.1, 0.15) is 64.7 Å². The third-order valence-corrected chi connectivity index (χ3v) is 5.31. The first-order valence-electron chi connectivity index (χ1n) is 10.6. The Morgan fingerprint density at radius 2 is 1.81 bits per heavy atom. The number of nitrogens with zero attached hydrogens (tertiary/aromatic N) is 1. The standard InChI is InChI=1S/C20H39N3O2.HI/c1-2-21-20(22-12-5-9-18-7-3-4-8-18)23-13-6-14-25-17-19-10-15-24-16-11-19;/h18-19H,2-17H2,1H3,(H2,21,22,23);1H. The van der Waals surface area contributed by atoms with Crippen molar-refractivity contribution in [2.24, 2.45) is 16.8 Å². The van der Waals surface area contributed by atoms with E-state index < -0.39 is 0 Å². The minimum absolute atomic E-state index is 0. The van der Waals surface area contributed by atoms with Crippen molar-refractivity contribution in [1.29, 1.82) is 0 Å². The van der Waals surface area contributed by atoms with Crippen LogP contribution in [0.2, 0.25) is 0 Å². The van der Waals surface area contributed by atoms with E-state index in [1.807, 2.05) is 0 Å². The fraction of sp³-hybridized carbons (Fsp3) is 0.950. The molecule has 5 nitrogen and oxygen atoms in total. The molecule has 2 fully saturated rings. The molecule has 0 spiro atoms. The Hall–Kier alpha value is -0.0800. The lowest BCUT2D eigenvalue weighted by molar-refractivity contribution is 0.0205. The summed E-state index contributed by atoms with van der Waals surface area (Å²) >= 11 is 0. The number of halogens is 1. The summed E-state index contributed by atoms with van der Waals surface area (Å²) in [6.07, 6.45) is 11.7. The maximum atomic E-state index is 5.80. The molecule has 1 heterocycles. The van der Waals surface area contributed by atoms with Crippen LogP contribution in [0.25, 0.3) is 0 Å². The predicted molar refractivity (Wildman–Crippen MR) is 120 cm³/mol. The summed E-state index contributed by atoms with van der Waals surface area (Å²) in [4.78, 5) is 4.66. The lowest BCUT2D eigenvalue weighted by atomic mass is 10.0. The molecule has 0 unspecified atom stereocenters. The van der Waals surface area contributed by atoms with Crippen LogP contribution in [0, 0.1) is 11.8 Å². The van der Waals surface area contributed by atoms with Crippen LogP contribution in [0.5, 0.6) is 0 Å². The lowest BCUT2D eigenvalue weighted by Gasteiger charge is -2.21. The highest BCUT2D eigenvalue weighted by Gasteiger charge is 2.14. The molecule has 0 atom stereocenters. The zero-order valence-electron chi connectivity index (χ0n) is 16.6. The molecule has 0 bridgehead atoms. The van der Waals surface area contributed by atoms with Crippen LogP contribution in [-0.4, -0.2) is 52.0 Å². The Morgan fingerprint density at radius 1 is 1.04 bits per heavy atom. The lowest BCUT2D eigenvalue weighted by Crippen LogP contribution is -2.38. The van der Waals surface area contributed by atoms with Crippen LogP contribution in [0.3, 0.4) is 0 Å². The Kier molecular flexibility index (Phi) is 14.7. The van der Waals surface area contributed by atoms with Gasteiger partial charge < -0.3 is 20.1 Å². The van der Waals surface area contributed by atoms with E-state index in [1.54, 1.807) is 0 Å². The van der Waals surface area contributed by atoms with Crippen molar-refractivity contribution in [3.05, 3.63) is 0 Å². The van der Waals surface area contributed by atoms with Crippen LogP contribution < -0.4 is 10.6 Å². The molecule has 1 aliphatic carbocycles. The summed E-state index contributed by atoms with van der Waals surface area (Å²) in [5, 5.41) is 6.81. The van der Waals surface area contributed by atoms with Gasteiger partial charge in [0.05, 0.1) is 0 Å². The number of nitrogens with one attached hydrogen (secondary N) is 2. The van der Waals surface area contributed by atoms with Gasteiger partial charge in [-0.2, -0.15) is 0 Å². The van der Waals surface area contributed by atoms with Gasteiger partial charge in [-0.05, 0) is 50.9 Å². The van der Waals surface area contributed by atoms with Crippen molar-refractivity contribution in [2.75, 3.05) is 46.1 Å². The van der Waals surface area contributed by atoms with Gasteiger partial charge in [0, 0.05) is 46.1 Å². The van der Waals surface area contributed by atoms with Crippen LogP contribution in [-0.2, 0) is 9.47 Å². The molecule has 0 aromatic rings. The first kappa shape index (κ1) is 24.0. The van der Waals surface area contributed by atoms with Gasteiger partial charge in [-0.25, -0.2) is 0 Å². The number of ether oxygens (including phenoxy) is 2. The third-order valence-electron chi connectivity index (χ3n) is 5.31. The molecule has 2 aliphatic rings. The van der Waals surface area contributed by atoms with Crippen LogP contribution in [0.15, 0.2) is 4.99 Å². The van der Waals surface area contributed by atoms with Crippen LogP contribution in [0.4, 0.5) is 0 Å². The SMILES string of the molecule is CCNC(=NCCCOCC1CCOCC1)NCCCC1CCCC1.I. The van der Waals surface area contributed by atoms with E-state index in [9.17, 15) is 0 Å². The van der Waals surface area contributed by atoms with E-state index in [0.29, 0.717) is 5.92 Å². The molecule has 1 saturated carbocycles. The fourth-order valence-corrected chi connectivity index (χ4v) is 3.76. The average molecular weight is 481 g/mol. The van der Waals surface area contributed by atoms with Gasteiger partial charge in [-0.3, -0.25) is 4.99 Å². The highest BCUT2D eigenvalue weighted by molar-refractivity contribution is 14.0. The highest BCUT2D eigenvalue weighted by Crippen LogP contribution is 2.28. The van der Waals surface area contributed by atoms with E-state index in [1.165, 1.54) is 38.5 Å². The van der Waals surface area contributed by atoms with E-state index in [-0.39, 0.29) is 24.0 Å². The normalized spacial score (nSPS) is 19.3. The second-order valence-electron chi connectivity index (χ2n) is 7.46. The number of guanidine groups is 1. The molecule has 0 amide bonds. The summed E-state index contributed by atoms with van der Waals surface area (Å²) in [6, 6.07) is 0. The average Bonchev–Trinajstić information content (AvgIpc) is 3.16. The Balaban J connectivity index is 0.00000338. The summed E-state index contributed by atoms with van der Waals surface area (Å²) in [7, 11) is 0. The van der Waals surface area contributed by atoms with Gasteiger partial charge in [0.1, 0.15) is 0 Å². The quantitative estimate of drug-likeness (QED) is 0.203. The molecule has 154 valence electrons. The Morgan fingerprint density at radius 3 is 2.54 bits per heavy atom. The van der Waals surface area contributed by atoms with E-state index in [2.05, 4.69) is 22.5 Å². The van der Waals surface area contributed by atoms with Crippen molar-refractivity contribution in [3.63, 3.8) is 0 Å². The predicted octanol–water partition coefficient (Wildman–Crippen LogP) is 3.96. The molecular weight excluding hydrogens is 441 g/mol. The molecule has 0 radical (unpaired) electrons. The first-order valence-corrected chi connectivity index (χ1v) is 10.6.